The molecule has 4 rings (SSSR count). The molecule has 2 aliphatic heterocycles. The number of carbonyl (C=O) groups excluding carboxylic acids is 2. The zero-order valence-electron chi connectivity index (χ0n) is 19.5. The molecule has 1 aromatic carbocycles. The van der Waals surface area contributed by atoms with Crippen LogP contribution in [-0.4, -0.2) is 98.2 Å². The van der Waals surface area contributed by atoms with Gasteiger partial charge in [0.15, 0.2) is 17.7 Å². The van der Waals surface area contributed by atoms with Gasteiger partial charge in [0.05, 0.1) is 19.1 Å². The summed E-state index contributed by atoms with van der Waals surface area (Å²) in [5.41, 5.74) is -1.88. The van der Waals surface area contributed by atoms with Gasteiger partial charge in [0.25, 0.3) is 0 Å². The minimum atomic E-state index is -2.29. The quantitative estimate of drug-likeness (QED) is 0.233. The number of fused-ring (bicyclic) bond motifs is 1. The molecule has 36 heavy (non-hydrogen) atoms. The fourth-order valence-corrected chi connectivity index (χ4v) is 4.91. The first kappa shape index (κ1) is 26.5. The van der Waals surface area contributed by atoms with Gasteiger partial charge >= 0.3 is 5.97 Å². The van der Waals surface area contributed by atoms with Gasteiger partial charge in [-0.05, 0) is 23.6 Å². The van der Waals surface area contributed by atoms with E-state index in [1.165, 1.54) is 12.1 Å². The number of rotatable bonds is 7. The Hall–Kier alpha value is -2.58. The van der Waals surface area contributed by atoms with Crippen LogP contribution in [0.5, 0.6) is 5.75 Å². The number of aliphatic hydroxyl groups is 5. The molecule has 6 N–H and O–H groups in total. The predicted molar refractivity (Wildman–Crippen MR) is 118 cm³/mol. The van der Waals surface area contributed by atoms with Gasteiger partial charge in [-0.3, -0.25) is 4.79 Å². The number of esters is 1. The second-order valence-electron chi connectivity index (χ2n) is 9.32. The van der Waals surface area contributed by atoms with Crippen molar-refractivity contribution in [1.29, 1.82) is 0 Å². The third-order valence-corrected chi connectivity index (χ3v) is 6.95. The average molecular weight is 510 g/mol. The van der Waals surface area contributed by atoms with Crippen LogP contribution in [0.3, 0.4) is 0 Å². The lowest BCUT2D eigenvalue weighted by atomic mass is 9.78. The predicted octanol–water partition coefficient (Wildman–Crippen LogP) is -1.51. The van der Waals surface area contributed by atoms with Crippen molar-refractivity contribution in [3.63, 3.8) is 0 Å². The zero-order valence-corrected chi connectivity index (χ0v) is 19.5. The molecule has 0 aromatic heterocycles. The van der Waals surface area contributed by atoms with Crippen molar-refractivity contribution in [2.45, 2.75) is 62.4 Å². The smallest absolute Gasteiger partial charge is 0.340 e. The number of phenols is 1. The highest BCUT2D eigenvalue weighted by Crippen LogP contribution is 2.48. The summed E-state index contributed by atoms with van der Waals surface area (Å²) < 4.78 is 21.8. The molecule has 2 heterocycles. The van der Waals surface area contributed by atoms with E-state index in [2.05, 4.69) is 0 Å². The number of hydrogen-bond acceptors (Lipinski definition) is 12. The van der Waals surface area contributed by atoms with Crippen molar-refractivity contribution in [2.24, 2.45) is 11.8 Å². The van der Waals surface area contributed by atoms with Crippen LogP contribution in [0.1, 0.15) is 18.9 Å². The number of aliphatic hydroxyl groups excluding tert-OH is 4. The van der Waals surface area contributed by atoms with E-state index in [1.807, 2.05) is 0 Å². The fourth-order valence-electron chi connectivity index (χ4n) is 4.91. The van der Waals surface area contributed by atoms with Crippen molar-refractivity contribution in [2.75, 3.05) is 13.2 Å². The Kier molecular flexibility index (Phi) is 7.67. The van der Waals surface area contributed by atoms with E-state index in [0.29, 0.717) is 6.42 Å². The monoisotopic (exact) mass is 510 g/mol. The molecule has 0 spiro atoms. The number of aromatic hydroxyl groups is 1. The van der Waals surface area contributed by atoms with Crippen molar-refractivity contribution in [1.82, 2.24) is 0 Å². The lowest BCUT2D eigenvalue weighted by Gasteiger charge is -2.44. The molecule has 12 heteroatoms. The summed E-state index contributed by atoms with van der Waals surface area (Å²) in [4.78, 5) is 25.7. The summed E-state index contributed by atoms with van der Waals surface area (Å²) in [5.74, 6) is -3.07. The summed E-state index contributed by atoms with van der Waals surface area (Å²) in [6.45, 7) is 0.932. The number of Topliss-reactive ketones (excluding diaryl/α,β-unsaturated/α-hetero) is 1. The van der Waals surface area contributed by atoms with Crippen molar-refractivity contribution in [3.8, 4) is 5.75 Å². The van der Waals surface area contributed by atoms with Crippen LogP contribution in [0.25, 0.3) is 0 Å². The van der Waals surface area contributed by atoms with Gasteiger partial charge in [0.2, 0.25) is 6.29 Å². The maximum absolute atomic E-state index is 12.9. The van der Waals surface area contributed by atoms with E-state index in [-0.39, 0.29) is 24.4 Å². The Morgan fingerprint density at radius 3 is 2.47 bits per heavy atom. The zero-order chi connectivity index (χ0) is 26.2. The molecular formula is C24H30O12. The van der Waals surface area contributed by atoms with Crippen LogP contribution in [0, 0.1) is 11.8 Å². The molecular weight excluding hydrogens is 480 g/mol. The molecule has 198 valence electrons. The molecule has 1 saturated heterocycles. The summed E-state index contributed by atoms with van der Waals surface area (Å²) in [6.07, 6.45) is -8.05. The molecule has 3 aliphatic rings. The topological polar surface area (TPSA) is 192 Å². The van der Waals surface area contributed by atoms with Gasteiger partial charge in [-0.25, -0.2) is 4.79 Å². The van der Waals surface area contributed by atoms with Crippen LogP contribution in [0.4, 0.5) is 0 Å². The Morgan fingerprint density at radius 2 is 1.81 bits per heavy atom. The number of carbonyl (C=O) groups is 2. The molecule has 1 aliphatic carbocycles. The van der Waals surface area contributed by atoms with Crippen LogP contribution in [0.15, 0.2) is 36.1 Å². The first-order valence-electron chi connectivity index (χ1n) is 11.6. The Balaban J connectivity index is 1.49. The first-order valence-corrected chi connectivity index (χ1v) is 11.6. The molecule has 1 aromatic rings. The van der Waals surface area contributed by atoms with Gasteiger partial charge < -0.3 is 49.6 Å². The van der Waals surface area contributed by atoms with E-state index in [0.717, 1.165) is 11.8 Å². The van der Waals surface area contributed by atoms with Crippen LogP contribution in [-0.2, 0) is 35.0 Å². The third-order valence-electron chi connectivity index (χ3n) is 6.95. The standard InChI is InChI=1S/C24H30O12/c1-11-8-16(27)24(32)14(21(31)33-7-6-12-2-4-13(26)5-3-12)10-34-22(17(11)24)36-23-20(30)19(29)18(28)15(9-25)35-23/h2-5,10-11,15,17-20,22-23,25-26,28-30,32H,6-9H2,1H3. The van der Waals surface area contributed by atoms with Crippen LogP contribution < -0.4 is 0 Å². The maximum Gasteiger partial charge on any atom is 0.340 e. The highest BCUT2D eigenvalue weighted by molar-refractivity contribution is 6.04. The highest BCUT2D eigenvalue weighted by atomic mass is 16.8. The maximum atomic E-state index is 12.9. The Labute approximate surface area is 206 Å². The molecule has 1 saturated carbocycles. The van der Waals surface area contributed by atoms with E-state index in [4.69, 9.17) is 18.9 Å². The molecule has 9 unspecified atom stereocenters. The van der Waals surface area contributed by atoms with Crippen molar-refractivity contribution < 1.29 is 59.2 Å². The van der Waals surface area contributed by atoms with Crippen LogP contribution >= 0.6 is 0 Å². The van der Waals surface area contributed by atoms with E-state index in [9.17, 15) is 40.2 Å². The third kappa shape index (κ3) is 4.73. The van der Waals surface area contributed by atoms with E-state index >= 15 is 0 Å². The fraction of sp³-hybridized carbons (Fsp3) is 0.583. The lowest BCUT2D eigenvalue weighted by Crippen LogP contribution is -2.61. The first-order chi connectivity index (χ1) is 17.1. The summed E-state index contributed by atoms with van der Waals surface area (Å²) in [5, 5.41) is 60.5. The van der Waals surface area contributed by atoms with Gasteiger partial charge in [0, 0.05) is 12.8 Å². The Morgan fingerprint density at radius 1 is 1.11 bits per heavy atom. The van der Waals surface area contributed by atoms with E-state index in [1.54, 1.807) is 19.1 Å². The van der Waals surface area contributed by atoms with Crippen molar-refractivity contribution >= 4 is 11.8 Å². The molecule has 9 atom stereocenters. The summed E-state index contributed by atoms with van der Waals surface area (Å²) >= 11 is 0. The lowest BCUT2D eigenvalue weighted by molar-refractivity contribution is -0.346. The molecule has 0 radical (unpaired) electrons. The number of benzene rings is 1. The second-order valence-corrected chi connectivity index (χ2v) is 9.32. The minimum Gasteiger partial charge on any atom is -0.508 e. The largest absolute Gasteiger partial charge is 0.508 e. The van der Waals surface area contributed by atoms with Gasteiger partial charge in [0.1, 0.15) is 42.0 Å². The molecule has 0 amide bonds. The molecule has 12 nitrogen and oxygen atoms in total. The van der Waals surface area contributed by atoms with Crippen molar-refractivity contribution in [3.05, 3.63) is 41.7 Å². The molecule has 0 bridgehead atoms. The van der Waals surface area contributed by atoms with E-state index < -0.39 is 72.8 Å². The normalized spacial score (nSPS) is 38.2. The Bertz CT molecular complexity index is 991. The SMILES string of the molecule is CC1CC(=O)C2(O)C(C(=O)OCCc3ccc(O)cc3)=COC(OC3OC(CO)C(O)C(O)C3O)C12. The van der Waals surface area contributed by atoms with Gasteiger partial charge in [-0.1, -0.05) is 19.1 Å². The molecule has 2 fully saturated rings. The van der Waals surface area contributed by atoms with Gasteiger partial charge in [-0.15, -0.1) is 0 Å². The highest BCUT2D eigenvalue weighted by Gasteiger charge is 2.63. The summed E-state index contributed by atoms with van der Waals surface area (Å²) in [7, 11) is 0. The number of phenolic OH excluding ortho intramolecular Hbond substituents is 1. The average Bonchev–Trinajstić information content (AvgIpc) is 3.09. The number of ketones is 1. The van der Waals surface area contributed by atoms with Crippen LogP contribution in [0.2, 0.25) is 0 Å². The minimum absolute atomic E-state index is 0.0593. The number of hydrogen-bond donors (Lipinski definition) is 6. The summed E-state index contributed by atoms with van der Waals surface area (Å²) in [6, 6.07) is 6.32. The number of ether oxygens (including phenoxy) is 4. The second kappa shape index (κ2) is 10.4. The van der Waals surface area contributed by atoms with Gasteiger partial charge in [-0.2, -0.15) is 0 Å².